The zero-order chi connectivity index (χ0) is 19.4. The smallest absolute Gasteiger partial charge is 0.308 e. The lowest BCUT2D eigenvalue weighted by molar-refractivity contribution is -0.146. The van der Waals surface area contributed by atoms with E-state index < -0.39 is 5.97 Å². The molecule has 7 heteroatoms. The summed E-state index contributed by atoms with van der Waals surface area (Å²) in [7, 11) is 1.60. The first kappa shape index (κ1) is 20.3. The van der Waals surface area contributed by atoms with Crippen molar-refractivity contribution >= 4 is 23.2 Å². The molecule has 6 nitrogen and oxygen atoms in total. The van der Waals surface area contributed by atoms with Gasteiger partial charge < -0.3 is 14.7 Å². The molecule has 0 saturated carbocycles. The number of carbonyl (C=O) groups excluding carboxylic acids is 1. The van der Waals surface area contributed by atoms with Gasteiger partial charge in [0.2, 0.25) is 5.91 Å². The number of aryl methyl sites for hydroxylation is 1. The van der Waals surface area contributed by atoms with Crippen LogP contribution in [0.15, 0.2) is 12.1 Å². The number of carboxylic acids is 1. The summed E-state index contributed by atoms with van der Waals surface area (Å²) in [5.74, 6) is -0.935. The maximum atomic E-state index is 12.2. The van der Waals surface area contributed by atoms with Gasteiger partial charge in [0.15, 0.2) is 0 Å². The number of thiophene rings is 1. The molecule has 0 radical (unpaired) electrons. The van der Waals surface area contributed by atoms with E-state index in [1.807, 2.05) is 16.2 Å². The van der Waals surface area contributed by atoms with Crippen LogP contribution in [0.25, 0.3) is 0 Å². The minimum atomic E-state index is -0.697. The van der Waals surface area contributed by atoms with Crippen LogP contribution in [0, 0.1) is 11.3 Å². The van der Waals surface area contributed by atoms with Gasteiger partial charge in [-0.3, -0.25) is 14.5 Å². The van der Waals surface area contributed by atoms with E-state index in [0.29, 0.717) is 32.7 Å². The van der Waals surface area contributed by atoms with Crippen molar-refractivity contribution in [3.63, 3.8) is 0 Å². The molecule has 1 amide bonds. The molecule has 3 heterocycles. The highest BCUT2D eigenvalue weighted by atomic mass is 32.1. The average molecular weight is 395 g/mol. The van der Waals surface area contributed by atoms with E-state index in [1.54, 1.807) is 7.11 Å². The molecule has 2 fully saturated rings. The van der Waals surface area contributed by atoms with Gasteiger partial charge in [-0.1, -0.05) is 6.92 Å². The van der Waals surface area contributed by atoms with Crippen LogP contribution < -0.4 is 0 Å². The van der Waals surface area contributed by atoms with Gasteiger partial charge in [-0.2, -0.15) is 0 Å². The SMILES string of the molecule is CCc1ccc(CN2CC(C(=O)O)C3(CCN(C(=O)CCOC)CC3)C2)s1. The lowest BCUT2D eigenvalue weighted by Crippen LogP contribution is -2.48. The predicted octanol–water partition coefficient (Wildman–Crippen LogP) is 2.47. The number of rotatable bonds is 7. The highest BCUT2D eigenvalue weighted by Crippen LogP contribution is 2.45. The number of likely N-dealkylation sites (tertiary alicyclic amines) is 2. The van der Waals surface area contributed by atoms with E-state index in [0.717, 1.165) is 32.4 Å². The number of hydrogen-bond acceptors (Lipinski definition) is 5. The van der Waals surface area contributed by atoms with Crippen LogP contribution in [0.5, 0.6) is 0 Å². The zero-order valence-corrected chi connectivity index (χ0v) is 17.1. The maximum Gasteiger partial charge on any atom is 0.308 e. The first-order valence-electron chi connectivity index (χ1n) is 9.77. The quantitative estimate of drug-likeness (QED) is 0.769. The molecule has 27 heavy (non-hydrogen) atoms. The third kappa shape index (κ3) is 4.52. The largest absolute Gasteiger partial charge is 0.481 e. The van der Waals surface area contributed by atoms with Crippen LogP contribution in [0.4, 0.5) is 0 Å². The monoisotopic (exact) mass is 394 g/mol. The third-order valence-corrected chi connectivity index (χ3v) is 7.31. The van der Waals surface area contributed by atoms with Gasteiger partial charge in [0.05, 0.1) is 18.9 Å². The second-order valence-corrected chi connectivity index (χ2v) is 9.02. The number of carboxylic acid groups (broad SMARTS) is 1. The molecule has 2 saturated heterocycles. The summed E-state index contributed by atoms with van der Waals surface area (Å²) in [6.07, 6.45) is 2.98. The average Bonchev–Trinajstić information content (AvgIpc) is 3.25. The number of ether oxygens (including phenoxy) is 1. The van der Waals surface area contributed by atoms with Gasteiger partial charge in [0.1, 0.15) is 0 Å². The molecular weight excluding hydrogens is 364 g/mol. The van der Waals surface area contributed by atoms with Gasteiger partial charge in [0, 0.05) is 55.0 Å². The van der Waals surface area contributed by atoms with E-state index in [9.17, 15) is 14.7 Å². The molecule has 0 bridgehead atoms. The lowest BCUT2D eigenvalue weighted by atomic mass is 9.71. The fourth-order valence-corrected chi connectivity index (χ4v) is 5.51. The van der Waals surface area contributed by atoms with Crippen molar-refractivity contribution in [3.05, 3.63) is 21.9 Å². The van der Waals surface area contributed by atoms with Crippen molar-refractivity contribution in [3.8, 4) is 0 Å². The minimum absolute atomic E-state index is 0.110. The van der Waals surface area contributed by atoms with Crippen LogP contribution in [0.3, 0.4) is 0 Å². The van der Waals surface area contributed by atoms with Crippen LogP contribution >= 0.6 is 11.3 Å². The third-order valence-electron chi connectivity index (χ3n) is 6.09. The summed E-state index contributed by atoms with van der Waals surface area (Å²) in [5, 5.41) is 9.83. The summed E-state index contributed by atoms with van der Waals surface area (Å²) < 4.78 is 4.99. The molecule has 1 aromatic rings. The zero-order valence-electron chi connectivity index (χ0n) is 16.3. The van der Waals surface area contributed by atoms with Gasteiger partial charge >= 0.3 is 5.97 Å². The standard InChI is InChI=1S/C20H30N2O4S/c1-3-15-4-5-16(27-15)12-21-13-17(19(24)25)20(14-21)7-9-22(10-8-20)18(23)6-11-26-2/h4-5,17H,3,6-14H2,1-2H3,(H,24,25). The van der Waals surface area contributed by atoms with Crippen molar-refractivity contribution in [1.82, 2.24) is 9.80 Å². The molecule has 1 N–H and O–H groups in total. The molecule has 150 valence electrons. The molecule has 2 aliphatic heterocycles. The Balaban J connectivity index is 1.63. The normalized spacial score (nSPS) is 22.4. The van der Waals surface area contributed by atoms with Crippen molar-refractivity contribution in [1.29, 1.82) is 0 Å². The molecule has 1 unspecified atom stereocenters. The van der Waals surface area contributed by atoms with Crippen LogP contribution in [-0.4, -0.2) is 66.7 Å². The molecule has 2 aliphatic rings. The fraction of sp³-hybridized carbons (Fsp3) is 0.700. The van der Waals surface area contributed by atoms with E-state index in [1.165, 1.54) is 9.75 Å². The summed E-state index contributed by atoms with van der Waals surface area (Å²) in [4.78, 5) is 31.0. The summed E-state index contributed by atoms with van der Waals surface area (Å²) >= 11 is 1.82. The van der Waals surface area contributed by atoms with Crippen LogP contribution in [0.1, 0.15) is 35.9 Å². The Bertz CT molecular complexity index is 667. The first-order valence-corrected chi connectivity index (χ1v) is 10.6. The van der Waals surface area contributed by atoms with Crippen LogP contribution in [-0.2, 0) is 27.3 Å². The predicted molar refractivity (Wildman–Crippen MR) is 105 cm³/mol. The molecule has 1 aromatic heterocycles. The van der Waals surface area contributed by atoms with E-state index >= 15 is 0 Å². The van der Waals surface area contributed by atoms with Crippen molar-refractivity contribution < 1.29 is 19.4 Å². The number of carbonyl (C=O) groups is 2. The van der Waals surface area contributed by atoms with E-state index in [-0.39, 0.29) is 17.2 Å². The van der Waals surface area contributed by atoms with E-state index in [2.05, 4.69) is 24.0 Å². The molecule has 0 aliphatic carbocycles. The fourth-order valence-electron chi connectivity index (χ4n) is 4.51. The van der Waals surface area contributed by atoms with Crippen molar-refractivity contribution in [2.24, 2.45) is 11.3 Å². The minimum Gasteiger partial charge on any atom is -0.481 e. The number of hydrogen-bond donors (Lipinski definition) is 1. The second-order valence-electron chi connectivity index (χ2n) is 7.77. The van der Waals surface area contributed by atoms with Gasteiger partial charge in [0.25, 0.3) is 0 Å². The second kappa shape index (κ2) is 8.71. The Hall–Kier alpha value is -1.44. The Labute approximate surface area is 165 Å². The molecule has 1 spiro atoms. The first-order chi connectivity index (χ1) is 13.0. The van der Waals surface area contributed by atoms with Gasteiger partial charge in [-0.15, -0.1) is 11.3 Å². The van der Waals surface area contributed by atoms with Gasteiger partial charge in [-0.25, -0.2) is 0 Å². The van der Waals surface area contributed by atoms with E-state index in [4.69, 9.17) is 4.74 Å². The topological polar surface area (TPSA) is 70.1 Å². The molecule has 1 atom stereocenters. The molecular formula is C20H30N2O4S. The number of aliphatic carboxylic acids is 1. The maximum absolute atomic E-state index is 12.2. The van der Waals surface area contributed by atoms with Crippen molar-refractivity contribution in [2.75, 3.05) is 39.9 Å². The number of piperidine rings is 1. The Morgan fingerprint density at radius 2 is 2.00 bits per heavy atom. The molecule has 3 rings (SSSR count). The molecule has 0 aromatic carbocycles. The number of amides is 1. The van der Waals surface area contributed by atoms with Gasteiger partial charge in [-0.05, 0) is 31.4 Å². The Morgan fingerprint density at radius 1 is 1.30 bits per heavy atom. The number of nitrogens with zero attached hydrogens (tertiary/aromatic N) is 2. The Kier molecular flexibility index (Phi) is 6.55. The highest BCUT2D eigenvalue weighted by Gasteiger charge is 2.51. The number of methoxy groups -OCH3 is 1. The highest BCUT2D eigenvalue weighted by molar-refractivity contribution is 7.11. The summed E-state index contributed by atoms with van der Waals surface area (Å²) in [6, 6.07) is 4.34. The summed E-state index contributed by atoms with van der Waals surface area (Å²) in [5.41, 5.74) is -0.214. The van der Waals surface area contributed by atoms with Crippen LogP contribution in [0.2, 0.25) is 0 Å². The lowest BCUT2D eigenvalue weighted by Gasteiger charge is -2.41. The Morgan fingerprint density at radius 3 is 2.59 bits per heavy atom. The van der Waals surface area contributed by atoms with Crippen molar-refractivity contribution in [2.45, 2.75) is 39.2 Å². The summed E-state index contributed by atoms with van der Waals surface area (Å²) in [6.45, 7) is 6.13.